The number of benzene rings is 1. The summed E-state index contributed by atoms with van der Waals surface area (Å²) in [6, 6.07) is 9.36. The van der Waals surface area contributed by atoms with Gasteiger partial charge in [-0.1, -0.05) is 25.1 Å². The van der Waals surface area contributed by atoms with Crippen molar-refractivity contribution >= 4 is 5.82 Å². The van der Waals surface area contributed by atoms with Crippen molar-refractivity contribution in [3.05, 3.63) is 35.7 Å². The lowest BCUT2D eigenvalue weighted by Gasteiger charge is -2.02. The van der Waals surface area contributed by atoms with E-state index in [-0.39, 0.29) is 0 Å². The number of nitriles is 1. The van der Waals surface area contributed by atoms with Crippen LogP contribution in [0.25, 0.3) is 11.3 Å². The van der Waals surface area contributed by atoms with Crippen LogP contribution in [0, 0.1) is 11.3 Å². The third-order valence-electron chi connectivity index (χ3n) is 2.80. The van der Waals surface area contributed by atoms with Crippen molar-refractivity contribution in [3.8, 4) is 17.3 Å². The second-order valence-corrected chi connectivity index (χ2v) is 4.04. The molecular formula is C13H15N5. The van der Waals surface area contributed by atoms with Gasteiger partial charge in [-0.2, -0.15) is 5.26 Å². The summed E-state index contributed by atoms with van der Waals surface area (Å²) in [5, 5.41) is 9.09. The van der Waals surface area contributed by atoms with Gasteiger partial charge in [0.05, 0.1) is 11.6 Å². The van der Waals surface area contributed by atoms with Gasteiger partial charge < -0.3 is 11.6 Å². The number of nitrogens with zero attached hydrogens (tertiary/aromatic N) is 3. The Balaban J connectivity index is 2.58. The van der Waals surface area contributed by atoms with Crippen molar-refractivity contribution in [2.75, 3.05) is 11.6 Å². The first kappa shape index (κ1) is 12.0. The number of nitrogens with two attached hydrogens (primary N) is 2. The molecule has 5 nitrogen and oxygen atoms in total. The topological polar surface area (TPSA) is 93.6 Å². The van der Waals surface area contributed by atoms with Crippen molar-refractivity contribution in [1.29, 1.82) is 5.26 Å². The van der Waals surface area contributed by atoms with Crippen LogP contribution in [-0.4, -0.2) is 9.66 Å². The van der Waals surface area contributed by atoms with Crippen molar-refractivity contribution < 1.29 is 0 Å². The van der Waals surface area contributed by atoms with Gasteiger partial charge in [0.25, 0.3) is 0 Å². The van der Waals surface area contributed by atoms with Crippen molar-refractivity contribution in [3.63, 3.8) is 0 Å². The molecule has 2 rings (SSSR count). The summed E-state index contributed by atoms with van der Waals surface area (Å²) in [6.07, 6.45) is 1.70. The van der Waals surface area contributed by atoms with E-state index < -0.39 is 0 Å². The molecule has 0 bridgehead atoms. The zero-order chi connectivity index (χ0) is 13.1. The van der Waals surface area contributed by atoms with E-state index in [1.165, 1.54) is 4.68 Å². The van der Waals surface area contributed by atoms with Crippen LogP contribution in [0.5, 0.6) is 0 Å². The molecule has 1 aromatic heterocycles. The van der Waals surface area contributed by atoms with E-state index in [1.807, 2.05) is 25.1 Å². The highest BCUT2D eigenvalue weighted by molar-refractivity contribution is 5.75. The SMILES string of the molecule is CCCc1nc(-c2ccccc2C#N)c(N)n1N. The smallest absolute Gasteiger partial charge is 0.150 e. The minimum absolute atomic E-state index is 0.390. The Labute approximate surface area is 106 Å². The summed E-state index contributed by atoms with van der Waals surface area (Å²) in [4.78, 5) is 4.44. The molecule has 1 aromatic carbocycles. The summed E-state index contributed by atoms with van der Waals surface area (Å²) in [5.41, 5.74) is 7.80. The van der Waals surface area contributed by atoms with Gasteiger partial charge in [0.2, 0.25) is 0 Å². The Kier molecular flexibility index (Phi) is 3.20. The Hall–Kier alpha value is -2.48. The summed E-state index contributed by atoms with van der Waals surface area (Å²) >= 11 is 0. The van der Waals surface area contributed by atoms with E-state index in [1.54, 1.807) is 6.07 Å². The molecule has 0 atom stereocenters. The van der Waals surface area contributed by atoms with Gasteiger partial charge in [-0.25, -0.2) is 9.66 Å². The normalized spacial score (nSPS) is 10.2. The lowest BCUT2D eigenvalue weighted by atomic mass is 10.1. The number of imidazole rings is 1. The van der Waals surface area contributed by atoms with Crippen LogP contribution in [-0.2, 0) is 6.42 Å². The lowest BCUT2D eigenvalue weighted by Crippen LogP contribution is -2.15. The van der Waals surface area contributed by atoms with Gasteiger partial charge in [0, 0.05) is 12.0 Å². The fourth-order valence-corrected chi connectivity index (χ4v) is 1.88. The van der Waals surface area contributed by atoms with Gasteiger partial charge in [-0.15, -0.1) is 0 Å². The van der Waals surface area contributed by atoms with Crippen molar-refractivity contribution in [2.45, 2.75) is 19.8 Å². The van der Waals surface area contributed by atoms with E-state index in [4.69, 9.17) is 16.8 Å². The number of aromatic nitrogens is 2. The predicted molar refractivity (Wildman–Crippen MR) is 70.9 cm³/mol. The minimum atomic E-state index is 0.390. The number of aryl methyl sites for hydroxylation is 1. The highest BCUT2D eigenvalue weighted by atomic mass is 15.4. The zero-order valence-electron chi connectivity index (χ0n) is 10.2. The van der Waals surface area contributed by atoms with E-state index in [0.717, 1.165) is 24.2 Å². The molecule has 0 saturated heterocycles. The van der Waals surface area contributed by atoms with Crippen LogP contribution in [0.2, 0.25) is 0 Å². The van der Waals surface area contributed by atoms with Gasteiger partial charge in [-0.3, -0.25) is 0 Å². The van der Waals surface area contributed by atoms with Crippen LogP contribution < -0.4 is 11.6 Å². The molecule has 0 amide bonds. The molecule has 0 aliphatic heterocycles. The van der Waals surface area contributed by atoms with E-state index in [0.29, 0.717) is 17.1 Å². The molecular weight excluding hydrogens is 226 g/mol. The van der Waals surface area contributed by atoms with Gasteiger partial charge >= 0.3 is 0 Å². The molecule has 0 unspecified atom stereocenters. The van der Waals surface area contributed by atoms with Gasteiger partial charge in [0.1, 0.15) is 11.5 Å². The lowest BCUT2D eigenvalue weighted by molar-refractivity contribution is 0.794. The largest absolute Gasteiger partial charge is 0.382 e. The fourth-order valence-electron chi connectivity index (χ4n) is 1.88. The van der Waals surface area contributed by atoms with E-state index in [2.05, 4.69) is 11.1 Å². The third kappa shape index (κ3) is 1.89. The fraction of sp³-hybridized carbons (Fsp3) is 0.231. The molecule has 0 fully saturated rings. The Morgan fingerprint density at radius 1 is 1.39 bits per heavy atom. The van der Waals surface area contributed by atoms with Crippen LogP contribution in [0.1, 0.15) is 24.7 Å². The predicted octanol–water partition coefficient (Wildman–Crippen LogP) is 1.67. The minimum Gasteiger partial charge on any atom is -0.382 e. The Morgan fingerprint density at radius 2 is 2.11 bits per heavy atom. The number of rotatable bonds is 3. The van der Waals surface area contributed by atoms with Crippen LogP contribution >= 0.6 is 0 Å². The summed E-state index contributed by atoms with van der Waals surface area (Å²) in [6.45, 7) is 2.05. The molecule has 5 heteroatoms. The summed E-state index contributed by atoms with van der Waals surface area (Å²) < 4.78 is 1.40. The average molecular weight is 241 g/mol. The average Bonchev–Trinajstić information content (AvgIpc) is 2.67. The number of hydrogen-bond acceptors (Lipinski definition) is 4. The van der Waals surface area contributed by atoms with Gasteiger partial charge in [-0.05, 0) is 12.5 Å². The van der Waals surface area contributed by atoms with Crippen LogP contribution in [0.4, 0.5) is 5.82 Å². The summed E-state index contributed by atoms with van der Waals surface area (Å²) in [7, 11) is 0. The molecule has 0 aliphatic carbocycles. The molecule has 2 aromatic rings. The van der Waals surface area contributed by atoms with Crippen LogP contribution in [0.15, 0.2) is 24.3 Å². The highest BCUT2D eigenvalue weighted by Crippen LogP contribution is 2.27. The molecule has 0 saturated carbocycles. The first-order valence-corrected chi connectivity index (χ1v) is 5.80. The third-order valence-corrected chi connectivity index (χ3v) is 2.80. The second-order valence-electron chi connectivity index (χ2n) is 4.04. The molecule has 0 radical (unpaired) electrons. The monoisotopic (exact) mass is 241 g/mol. The molecule has 4 N–H and O–H groups in total. The molecule has 0 spiro atoms. The zero-order valence-corrected chi connectivity index (χ0v) is 10.2. The van der Waals surface area contributed by atoms with Crippen molar-refractivity contribution in [2.24, 2.45) is 0 Å². The number of anilines is 1. The van der Waals surface area contributed by atoms with E-state index >= 15 is 0 Å². The quantitative estimate of drug-likeness (QED) is 0.799. The van der Waals surface area contributed by atoms with Crippen molar-refractivity contribution in [1.82, 2.24) is 9.66 Å². The molecule has 18 heavy (non-hydrogen) atoms. The first-order valence-electron chi connectivity index (χ1n) is 5.80. The Bertz CT molecular complexity index is 606. The number of nitrogen functional groups attached to an aromatic ring is 2. The highest BCUT2D eigenvalue weighted by Gasteiger charge is 2.16. The standard InChI is InChI=1S/C13H15N5/c1-2-5-11-17-12(13(15)18(11)16)10-7-4-3-6-9(10)8-14/h3-4,6-7H,2,5,15-16H2,1H3. The van der Waals surface area contributed by atoms with Crippen LogP contribution in [0.3, 0.4) is 0 Å². The maximum absolute atomic E-state index is 9.09. The first-order chi connectivity index (χ1) is 8.69. The maximum Gasteiger partial charge on any atom is 0.150 e. The van der Waals surface area contributed by atoms with E-state index in [9.17, 15) is 0 Å². The summed E-state index contributed by atoms with van der Waals surface area (Å²) in [5.74, 6) is 6.99. The maximum atomic E-state index is 9.09. The number of hydrogen-bond donors (Lipinski definition) is 2. The Morgan fingerprint density at radius 3 is 2.78 bits per heavy atom. The second kappa shape index (κ2) is 4.80. The molecule has 1 heterocycles. The molecule has 0 aliphatic rings. The van der Waals surface area contributed by atoms with Gasteiger partial charge in [0.15, 0.2) is 5.82 Å². The molecule has 92 valence electrons.